The smallest absolute Gasteiger partial charge is 0.352 e. The molecule has 0 atom stereocenters. The van der Waals surface area contributed by atoms with Gasteiger partial charge in [-0.05, 0) is 18.1 Å². The van der Waals surface area contributed by atoms with Crippen molar-refractivity contribution in [2.45, 2.75) is 32.9 Å². The minimum Gasteiger partial charge on any atom is -0.352 e. The maximum Gasteiger partial charge on any atom is 0.419 e. The van der Waals surface area contributed by atoms with Crippen molar-refractivity contribution in [1.82, 2.24) is 5.32 Å². The molecule has 1 aromatic carbocycles. The molecule has 0 unspecified atom stereocenters. The molecular formula is C14H17F4NO. The Morgan fingerprint density at radius 2 is 1.85 bits per heavy atom. The quantitative estimate of drug-likeness (QED) is 0.816. The molecule has 20 heavy (non-hydrogen) atoms. The summed E-state index contributed by atoms with van der Waals surface area (Å²) >= 11 is 0. The van der Waals surface area contributed by atoms with E-state index < -0.39 is 29.0 Å². The topological polar surface area (TPSA) is 29.1 Å². The van der Waals surface area contributed by atoms with Gasteiger partial charge < -0.3 is 5.32 Å². The molecule has 0 saturated heterocycles. The molecule has 1 amide bonds. The molecule has 0 fully saturated rings. The Balaban J connectivity index is 2.89. The number of carbonyl (C=O) groups excluding carboxylic acids is 1. The number of rotatable bonds is 5. The molecule has 112 valence electrons. The molecule has 1 aromatic rings. The summed E-state index contributed by atoms with van der Waals surface area (Å²) in [6, 6.07) is 2.69. The lowest BCUT2D eigenvalue weighted by atomic mass is 10.0. The number of nitrogens with one attached hydrogen (secondary N) is 1. The highest BCUT2D eigenvalue weighted by atomic mass is 19.4. The van der Waals surface area contributed by atoms with E-state index in [1.807, 2.05) is 13.8 Å². The van der Waals surface area contributed by atoms with E-state index in [4.69, 9.17) is 0 Å². The van der Waals surface area contributed by atoms with Gasteiger partial charge in [0.15, 0.2) is 0 Å². The van der Waals surface area contributed by atoms with E-state index in [1.165, 1.54) is 0 Å². The number of benzene rings is 1. The molecule has 0 saturated carbocycles. The normalized spacial score (nSPS) is 11.8. The average Bonchev–Trinajstić information content (AvgIpc) is 2.38. The van der Waals surface area contributed by atoms with Crippen molar-refractivity contribution >= 4 is 5.91 Å². The first-order chi connectivity index (χ1) is 9.31. The molecule has 0 aliphatic heterocycles. The van der Waals surface area contributed by atoms with Gasteiger partial charge in [-0.25, -0.2) is 4.39 Å². The third-order valence-electron chi connectivity index (χ3n) is 3.25. The molecular weight excluding hydrogens is 274 g/mol. The van der Waals surface area contributed by atoms with E-state index in [9.17, 15) is 22.4 Å². The van der Waals surface area contributed by atoms with Crippen LogP contribution in [0.15, 0.2) is 18.2 Å². The van der Waals surface area contributed by atoms with Crippen molar-refractivity contribution < 1.29 is 22.4 Å². The zero-order valence-electron chi connectivity index (χ0n) is 11.4. The third-order valence-corrected chi connectivity index (χ3v) is 3.25. The number of hydrogen-bond acceptors (Lipinski definition) is 1. The number of carbonyl (C=O) groups is 1. The Morgan fingerprint density at radius 3 is 2.35 bits per heavy atom. The van der Waals surface area contributed by atoms with Crippen LogP contribution in [-0.4, -0.2) is 12.5 Å². The molecule has 6 heteroatoms. The van der Waals surface area contributed by atoms with E-state index in [1.54, 1.807) is 0 Å². The molecule has 0 heterocycles. The van der Waals surface area contributed by atoms with Gasteiger partial charge in [-0.1, -0.05) is 32.8 Å². The molecule has 0 aromatic heterocycles. The van der Waals surface area contributed by atoms with E-state index in [-0.39, 0.29) is 5.92 Å². The summed E-state index contributed by atoms with van der Waals surface area (Å²) < 4.78 is 51.4. The lowest BCUT2D eigenvalue weighted by Gasteiger charge is -2.14. The Bertz CT molecular complexity index is 467. The van der Waals surface area contributed by atoms with Gasteiger partial charge in [0.25, 0.3) is 5.91 Å². The fourth-order valence-corrected chi connectivity index (χ4v) is 1.84. The summed E-state index contributed by atoms with van der Waals surface area (Å²) in [4.78, 5) is 11.8. The molecule has 0 bridgehead atoms. The molecule has 0 radical (unpaired) electrons. The summed E-state index contributed by atoms with van der Waals surface area (Å²) in [5, 5.41) is 2.47. The fraction of sp³-hybridized carbons (Fsp3) is 0.500. The zero-order valence-corrected chi connectivity index (χ0v) is 11.4. The van der Waals surface area contributed by atoms with Gasteiger partial charge in [-0.3, -0.25) is 4.79 Å². The van der Waals surface area contributed by atoms with Gasteiger partial charge in [0, 0.05) is 6.54 Å². The summed E-state index contributed by atoms with van der Waals surface area (Å²) in [6.45, 7) is 4.22. The van der Waals surface area contributed by atoms with Gasteiger partial charge in [0.2, 0.25) is 0 Å². The van der Waals surface area contributed by atoms with Crippen LogP contribution in [0.5, 0.6) is 0 Å². The highest BCUT2D eigenvalue weighted by molar-refractivity contribution is 5.94. The third kappa shape index (κ3) is 3.95. The summed E-state index contributed by atoms with van der Waals surface area (Å²) in [5.74, 6) is -2.12. The molecule has 0 aliphatic carbocycles. The zero-order chi connectivity index (χ0) is 15.3. The predicted octanol–water partition coefficient (Wildman–Crippen LogP) is 4.01. The summed E-state index contributed by atoms with van der Waals surface area (Å²) in [7, 11) is 0. The maximum absolute atomic E-state index is 13.7. The first-order valence-electron chi connectivity index (χ1n) is 6.45. The monoisotopic (exact) mass is 291 g/mol. The predicted molar refractivity (Wildman–Crippen MR) is 67.8 cm³/mol. The average molecular weight is 291 g/mol. The molecule has 1 N–H and O–H groups in total. The van der Waals surface area contributed by atoms with Crippen LogP contribution >= 0.6 is 0 Å². The highest BCUT2D eigenvalue weighted by Gasteiger charge is 2.35. The summed E-state index contributed by atoms with van der Waals surface area (Å²) in [6.07, 6.45) is -3.14. The van der Waals surface area contributed by atoms with Crippen LogP contribution in [-0.2, 0) is 6.18 Å². The maximum atomic E-state index is 13.7. The van der Waals surface area contributed by atoms with Crippen molar-refractivity contribution in [2.24, 2.45) is 5.92 Å². The van der Waals surface area contributed by atoms with Gasteiger partial charge in [0.05, 0.1) is 11.1 Å². The van der Waals surface area contributed by atoms with E-state index in [0.717, 1.165) is 25.0 Å². The Morgan fingerprint density at radius 1 is 1.25 bits per heavy atom. The summed E-state index contributed by atoms with van der Waals surface area (Å²) in [5.41, 5.74) is -2.00. The van der Waals surface area contributed by atoms with Crippen LogP contribution in [0, 0.1) is 11.7 Å². The van der Waals surface area contributed by atoms with Crippen molar-refractivity contribution in [3.63, 3.8) is 0 Å². The Hall–Kier alpha value is -1.59. The first kappa shape index (κ1) is 16.5. The Labute approximate surface area is 115 Å². The second kappa shape index (κ2) is 6.72. The molecule has 0 spiro atoms. The number of amides is 1. The van der Waals surface area contributed by atoms with Crippen molar-refractivity contribution in [1.29, 1.82) is 0 Å². The lowest BCUT2D eigenvalue weighted by molar-refractivity contribution is -0.140. The first-order valence-corrected chi connectivity index (χ1v) is 6.45. The van der Waals surface area contributed by atoms with Crippen LogP contribution in [0.4, 0.5) is 17.6 Å². The van der Waals surface area contributed by atoms with Crippen LogP contribution in [0.3, 0.4) is 0 Å². The number of hydrogen-bond donors (Lipinski definition) is 1. The van der Waals surface area contributed by atoms with Gasteiger partial charge >= 0.3 is 6.18 Å². The van der Waals surface area contributed by atoms with Gasteiger partial charge in [-0.15, -0.1) is 0 Å². The van der Waals surface area contributed by atoms with Crippen molar-refractivity contribution in [3.05, 3.63) is 35.1 Å². The lowest BCUT2D eigenvalue weighted by Crippen LogP contribution is -2.30. The van der Waals surface area contributed by atoms with E-state index in [2.05, 4.69) is 5.32 Å². The van der Waals surface area contributed by atoms with E-state index in [0.29, 0.717) is 12.6 Å². The molecule has 1 rings (SSSR count). The van der Waals surface area contributed by atoms with Crippen LogP contribution in [0.25, 0.3) is 0 Å². The molecule has 2 nitrogen and oxygen atoms in total. The fourth-order valence-electron chi connectivity index (χ4n) is 1.84. The van der Waals surface area contributed by atoms with Crippen LogP contribution < -0.4 is 5.32 Å². The standard InChI is InChI=1S/C14H17F4NO/c1-3-9(4-2)8-19-13(20)10-6-5-7-11(12(10)15)14(16,17)18/h5-7,9H,3-4,8H2,1-2H3,(H,19,20). The molecule has 0 aliphatic rings. The largest absolute Gasteiger partial charge is 0.419 e. The van der Waals surface area contributed by atoms with E-state index >= 15 is 0 Å². The van der Waals surface area contributed by atoms with Gasteiger partial charge in [0.1, 0.15) is 5.82 Å². The highest BCUT2D eigenvalue weighted by Crippen LogP contribution is 2.32. The minimum absolute atomic E-state index is 0.229. The van der Waals surface area contributed by atoms with Gasteiger partial charge in [-0.2, -0.15) is 13.2 Å². The second-order valence-electron chi connectivity index (χ2n) is 4.56. The van der Waals surface area contributed by atoms with Crippen LogP contribution in [0.2, 0.25) is 0 Å². The van der Waals surface area contributed by atoms with Crippen LogP contribution in [0.1, 0.15) is 42.6 Å². The number of alkyl halides is 3. The Kier molecular flexibility index (Phi) is 5.53. The van der Waals surface area contributed by atoms with Crippen molar-refractivity contribution in [3.8, 4) is 0 Å². The SMILES string of the molecule is CCC(CC)CNC(=O)c1cccc(C(F)(F)F)c1F. The van der Waals surface area contributed by atoms with Crippen molar-refractivity contribution in [2.75, 3.05) is 6.54 Å². The second-order valence-corrected chi connectivity index (χ2v) is 4.56. The number of halogens is 4. The minimum atomic E-state index is -4.81.